The van der Waals surface area contributed by atoms with E-state index in [4.69, 9.17) is 11.6 Å². The quantitative estimate of drug-likeness (QED) is 0.848. The lowest BCUT2D eigenvalue weighted by molar-refractivity contribution is -0.137. The molecule has 0 radical (unpaired) electrons. The van der Waals surface area contributed by atoms with Crippen LogP contribution in [0.2, 0.25) is 5.02 Å². The zero-order chi connectivity index (χ0) is 12.3. The third kappa shape index (κ3) is 3.20. The molecule has 90 valence electrons. The summed E-state index contributed by atoms with van der Waals surface area (Å²) in [6.45, 7) is 1.25. The lowest BCUT2D eigenvalue weighted by Crippen LogP contribution is -2.50. The average Bonchev–Trinajstić information content (AvgIpc) is 2.29. The van der Waals surface area contributed by atoms with Crippen LogP contribution in [0.4, 0.5) is 0 Å². The van der Waals surface area contributed by atoms with Crippen LogP contribution in [0, 0.1) is 0 Å². The van der Waals surface area contributed by atoms with Crippen LogP contribution in [-0.2, 0) is 16.0 Å². The van der Waals surface area contributed by atoms with E-state index in [2.05, 4.69) is 5.32 Å². The van der Waals surface area contributed by atoms with Crippen molar-refractivity contribution in [2.45, 2.75) is 6.42 Å². The van der Waals surface area contributed by atoms with Gasteiger partial charge in [0.15, 0.2) is 0 Å². The first-order chi connectivity index (χ1) is 8.15. The fraction of sp³-hybridized carbons (Fsp3) is 0.333. The summed E-state index contributed by atoms with van der Waals surface area (Å²) in [5, 5.41) is 3.30. The Morgan fingerprint density at radius 3 is 3.00 bits per heavy atom. The normalized spacial score (nSPS) is 15.6. The number of rotatable bonds is 2. The Morgan fingerprint density at radius 1 is 1.47 bits per heavy atom. The molecule has 5 heteroatoms. The smallest absolute Gasteiger partial charge is 0.239 e. The fourth-order valence-electron chi connectivity index (χ4n) is 1.78. The summed E-state index contributed by atoms with van der Waals surface area (Å²) in [6, 6.07) is 7.20. The Hall–Kier alpha value is -1.55. The van der Waals surface area contributed by atoms with Crippen molar-refractivity contribution < 1.29 is 9.59 Å². The van der Waals surface area contributed by atoms with Gasteiger partial charge in [-0.1, -0.05) is 23.7 Å². The minimum absolute atomic E-state index is 0.0397. The second kappa shape index (κ2) is 5.19. The van der Waals surface area contributed by atoms with E-state index in [-0.39, 0.29) is 24.8 Å². The summed E-state index contributed by atoms with van der Waals surface area (Å²) in [7, 11) is 0. The van der Waals surface area contributed by atoms with E-state index in [1.807, 2.05) is 12.1 Å². The molecule has 0 bridgehead atoms. The van der Waals surface area contributed by atoms with Gasteiger partial charge in [0.25, 0.3) is 0 Å². The van der Waals surface area contributed by atoms with Gasteiger partial charge in [0.1, 0.15) is 0 Å². The third-order valence-corrected chi connectivity index (χ3v) is 2.87. The number of carbonyl (C=O) groups excluding carboxylic acids is 2. The van der Waals surface area contributed by atoms with Gasteiger partial charge < -0.3 is 10.2 Å². The number of nitrogens with one attached hydrogen (secondary N) is 1. The number of piperazine rings is 1. The molecule has 0 saturated carbocycles. The van der Waals surface area contributed by atoms with Crippen LogP contribution >= 0.6 is 11.6 Å². The van der Waals surface area contributed by atoms with Crippen LogP contribution < -0.4 is 5.32 Å². The van der Waals surface area contributed by atoms with Gasteiger partial charge in [0.2, 0.25) is 11.8 Å². The monoisotopic (exact) mass is 252 g/mol. The van der Waals surface area contributed by atoms with Gasteiger partial charge in [-0.05, 0) is 17.7 Å². The van der Waals surface area contributed by atoms with Gasteiger partial charge in [0.05, 0.1) is 13.0 Å². The first kappa shape index (κ1) is 11.9. The molecule has 1 aliphatic heterocycles. The van der Waals surface area contributed by atoms with Crippen molar-refractivity contribution in [3.05, 3.63) is 34.9 Å². The molecule has 1 aliphatic rings. The molecule has 1 fully saturated rings. The minimum atomic E-state index is -0.101. The standard InChI is InChI=1S/C12H13ClN2O2/c13-10-3-1-2-9(6-10)7-12(17)15-5-4-14-11(16)8-15/h1-3,6H,4-5,7-8H2,(H,14,16). The van der Waals surface area contributed by atoms with Crippen LogP contribution in [0.1, 0.15) is 5.56 Å². The van der Waals surface area contributed by atoms with Crippen LogP contribution in [-0.4, -0.2) is 36.3 Å². The van der Waals surface area contributed by atoms with Crippen molar-refractivity contribution in [2.24, 2.45) is 0 Å². The van der Waals surface area contributed by atoms with Crippen LogP contribution in [0.15, 0.2) is 24.3 Å². The highest BCUT2D eigenvalue weighted by Gasteiger charge is 2.20. The van der Waals surface area contributed by atoms with Gasteiger partial charge in [0, 0.05) is 18.1 Å². The Balaban J connectivity index is 1.99. The second-order valence-corrected chi connectivity index (χ2v) is 4.41. The van der Waals surface area contributed by atoms with Gasteiger partial charge in [-0.25, -0.2) is 0 Å². The van der Waals surface area contributed by atoms with Crippen molar-refractivity contribution in [1.82, 2.24) is 10.2 Å². The van der Waals surface area contributed by atoms with Crippen LogP contribution in [0.5, 0.6) is 0 Å². The lowest BCUT2D eigenvalue weighted by Gasteiger charge is -2.26. The van der Waals surface area contributed by atoms with Crippen LogP contribution in [0.3, 0.4) is 0 Å². The third-order valence-electron chi connectivity index (χ3n) is 2.64. The summed E-state index contributed by atoms with van der Waals surface area (Å²) in [6.07, 6.45) is 0.286. The zero-order valence-electron chi connectivity index (χ0n) is 9.28. The van der Waals surface area contributed by atoms with Crippen LogP contribution in [0.25, 0.3) is 0 Å². The first-order valence-electron chi connectivity index (χ1n) is 5.44. The van der Waals surface area contributed by atoms with Gasteiger partial charge in [-0.3, -0.25) is 9.59 Å². The lowest BCUT2D eigenvalue weighted by atomic mass is 10.1. The fourth-order valence-corrected chi connectivity index (χ4v) is 2.00. The molecule has 0 unspecified atom stereocenters. The van der Waals surface area contributed by atoms with Crippen molar-refractivity contribution in [1.29, 1.82) is 0 Å². The molecule has 1 aromatic rings. The predicted octanol–water partition coefficient (Wildman–Crippen LogP) is 0.841. The van der Waals surface area contributed by atoms with Gasteiger partial charge in [-0.15, -0.1) is 0 Å². The maximum Gasteiger partial charge on any atom is 0.239 e. The highest BCUT2D eigenvalue weighted by Crippen LogP contribution is 2.12. The molecule has 17 heavy (non-hydrogen) atoms. The average molecular weight is 253 g/mol. The number of carbonyl (C=O) groups is 2. The molecule has 0 aliphatic carbocycles. The number of benzene rings is 1. The van der Waals surface area contributed by atoms with Crippen molar-refractivity contribution in [3.8, 4) is 0 Å². The predicted molar refractivity (Wildman–Crippen MR) is 64.7 cm³/mol. The van der Waals surface area contributed by atoms with E-state index >= 15 is 0 Å². The summed E-state index contributed by atoms with van der Waals surface area (Å²) in [5.74, 6) is -0.141. The summed E-state index contributed by atoms with van der Waals surface area (Å²) in [5.41, 5.74) is 0.869. The summed E-state index contributed by atoms with van der Waals surface area (Å²) >= 11 is 5.85. The Morgan fingerprint density at radius 2 is 2.29 bits per heavy atom. The SMILES string of the molecule is O=C1CN(C(=O)Cc2cccc(Cl)c2)CCN1. The van der Waals surface area contributed by atoms with Crippen molar-refractivity contribution in [2.75, 3.05) is 19.6 Å². The molecule has 1 heterocycles. The first-order valence-corrected chi connectivity index (χ1v) is 5.82. The van der Waals surface area contributed by atoms with E-state index in [0.717, 1.165) is 5.56 Å². The molecule has 0 spiro atoms. The number of nitrogens with zero attached hydrogens (tertiary/aromatic N) is 1. The largest absolute Gasteiger partial charge is 0.353 e. The van der Waals surface area contributed by atoms with E-state index in [0.29, 0.717) is 18.1 Å². The second-order valence-electron chi connectivity index (χ2n) is 3.97. The Kier molecular flexibility index (Phi) is 3.64. The molecule has 4 nitrogen and oxygen atoms in total. The summed E-state index contributed by atoms with van der Waals surface area (Å²) in [4.78, 5) is 24.7. The molecule has 1 saturated heterocycles. The zero-order valence-corrected chi connectivity index (χ0v) is 10.0. The minimum Gasteiger partial charge on any atom is -0.353 e. The highest BCUT2D eigenvalue weighted by atomic mass is 35.5. The van der Waals surface area contributed by atoms with Gasteiger partial charge >= 0.3 is 0 Å². The molecular weight excluding hydrogens is 240 g/mol. The topological polar surface area (TPSA) is 49.4 Å². The van der Waals surface area contributed by atoms with E-state index < -0.39 is 0 Å². The molecule has 0 aromatic heterocycles. The van der Waals surface area contributed by atoms with Gasteiger partial charge in [-0.2, -0.15) is 0 Å². The Labute approximate surface area is 105 Å². The molecule has 2 rings (SSSR count). The number of halogens is 1. The number of hydrogen-bond acceptors (Lipinski definition) is 2. The van der Waals surface area contributed by atoms with E-state index in [1.54, 1.807) is 17.0 Å². The molecule has 1 aromatic carbocycles. The van der Waals surface area contributed by atoms with Crippen molar-refractivity contribution >= 4 is 23.4 Å². The van der Waals surface area contributed by atoms with Crippen molar-refractivity contribution in [3.63, 3.8) is 0 Å². The molecular formula is C12H13ClN2O2. The Bertz CT molecular complexity index is 448. The number of hydrogen-bond donors (Lipinski definition) is 1. The molecule has 0 atom stereocenters. The number of amides is 2. The van der Waals surface area contributed by atoms with E-state index in [9.17, 15) is 9.59 Å². The maximum atomic E-state index is 11.9. The summed E-state index contributed by atoms with van der Waals surface area (Å²) < 4.78 is 0. The molecule has 1 N–H and O–H groups in total. The van der Waals surface area contributed by atoms with E-state index in [1.165, 1.54) is 0 Å². The highest BCUT2D eigenvalue weighted by molar-refractivity contribution is 6.30. The maximum absolute atomic E-state index is 11.9. The molecule has 2 amide bonds.